The minimum absolute atomic E-state index is 0.0880. The largest absolute Gasteiger partial charge is 0.463 e. The van der Waals surface area contributed by atoms with E-state index >= 15 is 0 Å². The molecule has 5 fully saturated rings. The van der Waals surface area contributed by atoms with E-state index in [1.54, 1.807) is 0 Å². The zero-order chi connectivity index (χ0) is 44.6. The van der Waals surface area contributed by atoms with Gasteiger partial charge in [-0.1, -0.05) is 70.3 Å². The number of aliphatic hydroxyl groups excluding tert-OH is 3. The molecule has 1 aromatic heterocycles. The van der Waals surface area contributed by atoms with Crippen LogP contribution in [0.1, 0.15) is 142 Å². The Labute approximate surface area is 364 Å². The molecule has 6 N–H and O–H groups in total. The highest BCUT2D eigenvalue weighted by atomic mass is 19.3. The van der Waals surface area contributed by atoms with Crippen molar-refractivity contribution < 1.29 is 47.9 Å². The Balaban J connectivity index is 0.826. The van der Waals surface area contributed by atoms with E-state index in [-0.39, 0.29) is 23.8 Å². The van der Waals surface area contributed by atoms with Crippen molar-refractivity contribution >= 4 is 17.9 Å². The highest BCUT2D eigenvalue weighted by Crippen LogP contribution is 2.60. The van der Waals surface area contributed by atoms with E-state index in [4.69, 9.17) is 19.9 Å². The van der Waals surface area contributed by atoms with Gasteiger partial charge in [0.25, 0.3) is 0 Å². The van der Waals surface area contributed by atoms with Gasteiger partial charge >= 0.3 is 23.7 Å². The van der Waals surface area contributed by atoms with Crippen LogP contribution in [0.5, 0.6) is 0 Å². The Morgan fingerprint density at radius 2 is 1.82 bits per heavy atom. The Morgan fingerprint density at radius 1 is 1.10 bits per heavy atom. The number of carbonyl (C=O) groups excluding carboxylic acids is 2. The number of nitrogens with two attached hydrogens (primary N) is 1. The lowest BCUT2D eigenvalue weighted by molar-refractivity contribution is -0.150. The number of nitrogens with one attached hydrogen (secondary N) is 1. The highest BCUT2D eigenvalue weighted by Gasteiger charge is 2.60. The lowest BCUT2D eigenvalue weighted by atomic mass is 9.60. The van der Waals surface area contributed by atoms with Gasteiger partial charge in [-0.15, -0.1) is 0 Å². The van der Waals surface area contributed by atoms with E-state index in [9.17, 15) is 38.5 Å². The van der Waals surface area contributed by atoms with Crippen LogP contribution < -0.4 is 16.7 Å². The molecular weight excluding hydrogens is 803 g/mol. The molecule has 0 aromatic carbocycles. The Kier molecular flexibility index (Phi) is 16.5. The number of alkyl carbamates (subject to hydrolysis) is 1. The van der Waals surface area contributed by atoms with Crippen molar-refractivity contribution in [3.63, 3.8) is 0 Å². The Bertz CT molecular complexity index is 1830. The molecule has 0 spiro atoms. The third-order valence-corrected chi connectivity index (χ3v) is 14.5. The second kappa shape index (κ2) is 21.3. The third kappa shape index (κ3) is 11.9. The number of alkyl halides is 2. The predicted molar refractivity (Wildman–Crippen MR) is 230 cm³/mol. The zero-order valence-electron chi connectivity index (χ0n) is 36.7. The van der Waals surface area contributed by atoms with Crippen LogP contribution in [0.15, 0.2) is 52.5 Å². The number of carbonyl (C=O) groups is 2. The van der Waals surface area contributed by atoms with Gasteiger partial charge < -0.3 is 40.6 Å². The van der Waals surface area contributed by atoms with Crippen LogP contribution in [0.4, 0.5) is 19.4 Å². The molecule has 5 aliphatic rings. The van der Waals surface area contributed by atoms with Crippen LogP contribution in [0.25, 0.3) is 0 Å². The maximum atomic E-state index is 14.7. The number of nitrogen functional groups attached to an aromatic ring is 1. The van der Waals surface area contributed by atoms with Crippen molar-refractivity contribution in [1.29, 1.82) is 0 Å². The monoisotopic (exact) mass is 873 g/mol. The first kappa shape index (κ1) is 47.8. The fraction of sp³-hybridized carbons (Fsp3) is 0.745. The number of aromatic nitrogens is 2. The summed E-state index contributed by atoms with van der Waals surface area (Å²) in [6, 6.07) is 1.16. The predicted octanol–water partition coefficient (Wildman–Crippen LogP) is 7.45. The summed E-state index contributed by atoms with van der Waals surface area (Å²) < 4.78 is 46.0. The molecule has 4 aliphatic carbocycles. The summed E-state index contributed by atoms with van der Waals surface area (Å²) in [6.45, 7) is 8.95. The number of rotatable bonds is 20. The van der Waals surface area contributed by atoms with E-state index in [2.05, 4.69) is 42.9 Å². The van der Waals surface area contributed by atoms with Gasteiger partial charge in [0.15, 0.2) is 6.10 Å². The number of nitrogens with zero attached hydrogens (tertiary/aromatic N) is 2. The molecule has 346 valence electrons. The van der Waals surface area contributed by atoms with Crippen LogP contribution in [-0.4, -0.2) is 86.5 Å². The maximum Gasteiger partial charge on any atom is 0.407 e. The zero-order valence-corrected chi connectivity index (χ0v) is 36.7. The number of amides is 1. The molecule has 1 amide bonds. The normalized spacial score (nSPS) is 31.8. The number of hydrogen-bond donors (Lipinski definition) is 5. The molecule has 10 atom stereocenters. The summed E-state index contributed by atoms with van der Waals surface area (Å²) >= 11 is 0. The average Bonchev–Trinajstić information content (AvgIpc) is 3.98. The molecule has 0 bridgehead atoms. The first-order chi connectivity index (χ1) is 29.6. The van der Waals surface area contributed by atoms with E-state index in [0.29, 0.717) is 59.6 Å². The Morgan fingerprint density at radius 3 is 2.55 bits per heavy atom. The standard InChI is InChI=1S/C47H70F2N4O9/c1-29(14-21-37(54)32-16-17-32)35-19-20-36-31(12-11-23-46(35,36)3)15-18-33-26-34(27-38(55)30(33)2)61-45(59)51-24-10-8-6-4-5-7-9-13-41(56)60-28-39-42(57)47(48,49)43(62-39)53-25-22-40(50)52-44(53)58/h15,18,22,25,29,32,34-39,42-43,54-55,57H,2,4-14,16-17,19-21,23-24,26-28H2,1,3H3,(H,51,59)(H2,50,52,58)/b31-15+,33-18-/t29-,34?,35?,36?,37?,38-,39+,42?,43?,46+/m0/s1. The molecule has 4 saturated carbocycles. The lowest BCUT2D eigenvalue weighted by Crippen LogP contribution is -2.42. The summed E-state index contributed by atoms with van der Waals surface area (Å²) in [5, 5.41) is 34.3. The van der Waals surface area contributed by atoms with Gasteiger partial charge in [0.2, 0.25) is 6.23 Å². The van der Waals surface area contributed by atoms with Crippen LogP contribution in [0, 0.1) is 29.1 Å². The lowest BCUT2D eigenvalue weighted by Gasteiger charge is -2.44. The van der Waals surface area contributed by atoms with Crippen molar-refractivity contribution in [3.8, 4) is 0 Å². The van der Waals surface area contributed by atoms with E-state index < -0.39 is 60.9 Å². The average molecular weight is 873 g/mol. The third-order valence-electron chi connectivity index (χ3n) is 14.5. The molecule has 1 aromatic rings. The van der Waals surface area contributed by atoms with Gasteiger partial charge in [0.1, 0.15) is 24.6 Å². The van der Waals surface area contributed by atoms with Crippen LogP contribution in [0.3, 0.4) is 0 Å². The maximum absolute atomic E-state index is 14.7. The minimum atomic E-state index is -3.83. The smallest absolute Gasteiger partial charge is 0.407 e. The van der Waals surface area contributed by atoms with Crippen LogP contribution in [-0.2, 0) is 19.0 Å². The topological polar surface area (TPSA) is 195 Å². The number of esters is 1. The van der Waals surface area contributed by atoms with Crippen LogP contribution >= 0.6 is 0 Å². The number of aliphatic hydroxyl groups is 3. The van der Waals surface area contributed by atoms with Gasteiger partial charge in [-0.25, -0.2) is 9.59 Å². The fourth-order valence-corrected chi connectivity index (χ4v) is 10.7. The van der Waals surface area contributed by atoms with Crippen molar-refractivity contribution in [2.45, 2.75) is 179 Å². The van der Waals surface area contributed by atoms with Gasteiger partial charge in [0, 0.05) is 32.0 Å². The first-order valence-corrected chi connectivity index (χ1v) is 23.2. The van der Waals surface area contributed by atoms with Gasteiger partial charge in [0.05, 0.1) is 12.2 Å². The number of unbranched alkanes of at least 4 members (excludes halogenated alkanes) is 6. The molecule has 13 nitrogen and oxygen atoms in total. The second-order valence-electron chi connectivity index (χ2n) is 19.0. The van der Waals surface area contributed by atoms with E-state index in [1.165, 1.54) is 44.1 Å². The fourth-order valence-electron chi connectivity index (χ4n) is 10.7. The summed E-state index contributed by atoms with van der Waals surface area (Å²) in [5.41, 5.74) is 7.75. The van der Waals surface area contributed by atoms with E-state index in [0.717, 1.165) is 75.6 Å². The molecule has 1 aliphatic heterocycles. The van der Waals surface area contributed by atoms with Crippen LogP contribution in [0.2, 0.25) is 0 Å². The number of allylic oxidation sites excluding steroid dienone is 3. The molecule has 0 radical (unpaired) electrons. The summed E-state index contributed by atoms with van der Waals surface area (Å²) in [6.07, 6.45) is 14.6. The molecule has 1 saturated heterocycles. The number of ether oxygens (including phenoxy) is 3. The summed E-state index contributed by atoms with van der Waals surface area (Å²) in [7, 11) is 0. The molecule has 2 heterocycles. The highest BCUT2D eigenvalue weighted by molar-refractivity contribution is 5.69. The number of anilines is 1. The van der Waals surface area contributed by atoms with Crippen molar-refractivity contribution in [1.82, 2.24) is 14.9 Å². The molecule has 6 unspecified atom stereocenters. The number of halogens is 2. The van der Waals surface area contributed by atoms with Gasteiger partial charge in [-0.2, -0.15) is 13.8 Å². The van der Waals surface area contributed by atoms with Crippen molar-refractivity contribution in [2.24, 2.45) is 29.1 Å². The molecule has 15 heteroatoms. The second-order valence-corrected chi connectivity index (χ2v) is 19.0. The van der Waals surface area contributed by atoms with Gasteiger partial charge in [-0.3, -0.25) is 9.36 Å². The first-order valence-electron chi connectivity index (χ1n) is 23.2. The number of fused-ring (bicyclic) bond motifs is 1. The molecular formula is C47H70F2N4O9. The van der Waals surface area contributed by atoms with Crippen molar-refractivity contribution in [3.05, 3.63) is 58.2 Å². The quantitative estimate of drug-likeness (QED) is 0.0645. The minimum Gasteiger partial charge on any atom is -0.463 e. The number of hydrogen-bond acceptors (Lipinski definition) is 11. The molecule has 6 rings (SSSR count). The SMILES string of the molecule is C=C1/C(=C\C=C2/CCC[C@@]3(C)C2CCC3[C@@H](C)CCC(O)C2CC2)CC(OC(=O)NCCCCCCCCCC(=O)OC[C@H]2OC(n3ccc(N)nc3=O)C(F)(F)C2O)C[C@@H]1O. The summed E-state index contributed by atoms with van der Waals surface area (Å²) in [5.74, 6) is -2.23. The molecule has 62 heavy (non-hydrogen) atoms. The van der Waals surface area contributed by atoms with E-state index in [1.807, 2.05) is 0 Å². The van der Waals surface area contributed by atoms with Gasteiger partial charge in [-0.05, 0) is 117 Å². The van der Waals surface area contributed by atoms with Crippen molar-refractivity contribution in [2.75, 3.05) is 18.9 Å². The summed E-state index contributed by atoms with van der Waals surface area (Å²) in [4.78, 5) is 40.4. The Hall–Kier alpha value is -3.66.